The number of piperazine rings is 1. The van der Waals surface area contributed by atoms with E-state index in [1.54, 1.807) is 0 Å². The summed E-state index contributed by atoms with van der Waals surface area (Å²) >= 11 is 0. The highest BCUT2D eigenvalue weighted by Gasteiger charge is 2.50. The van der Waals surface area contributed by atoms with Crippen LogP contribution in [0.2, 0.25) is 0 Å². The highest BCUT2D eigenvalue weighted by Crippen LogP contribution is 2.36. The molecule has 0 bridgehead atoms. The van der Waals surface area contributed by atoms with Crippen LogP contribution < -0.4 is 5.32 Å². The van der Waals surface area contributed by atoms with Crippen LogP contribution in [0.3, 0.4) is 0 Å². The van der Waals surface area contributed by atoms with E-state index in [4.69, 9.17) is 9.47 Å². The third kappa shape index (κ3) is 5.86. The maximum absolute atomic E-state index is 12.7. The summed E-state index contributed by atoms with van der Waals surface area (Å²) in [6.07, 6.45) is 1.81. The summed E-state index contributed by atoms with van der Waals surface area (Å²) in [4.78, 5) is 28.6. The van der Waals surface area contributed by atoms with Crippen LogP contribution in [0.5, 0.6) is 0 Å². The van der Waals surface area contributed by atoms with Gasteiger partial charge in [-0.3, -0.25) is 9.69 Å². The molecule has 0 radical (unpaired) electrons. The summed E-state index contributed by atoms with van der Waals surface area (Å²) in [7, 11) is 1.87. The summed E-state index contributed by atoms with van der Waals surface area (Å²) in [5, 5.41) is 3.12. The predicted molar refractivity (Wildman–Crippen MR) is 123 cm³/mol. The molecule has 3 fully saturated rings. The number of likely N-dealkylation sites (N-methyl/N-ethyl adjacent to an activating group) is 1. The van der Waals surface area contributed by atoms with Crippen molar-refractivity contribution in [2.24, 2.45) is 0 Å². The van der Waals surface area contributed by atoms with E-state index in [1.165, 1.54) is 10.5 Å². The van der Waals surface area contributed by atoms with Gasteiger partial charge in [0, 0.05) is 13.1 Å². The summed E-state index contributed by atoms with van der Waals surface area (Å²) in [5.41, 5.74) is 0.668. The highest BCUT2D eigenvalue weighted by atomic mass is 19.3. The van der Waals surface area contributed by atoms with Crippen LogP contribution in [0, 0.1) is 0 Å². The minimum atomic E-state index is -2.72. The monoisotopic (exact) mass is 479 g/mol. The van der Waals surface area contributed by atoms with E-state index in [1.807, 2.05) is 18.0 Å². The Balaban J connectivity index is 1.43. The molecule has 4 rings (SSSR count). The van der Waals surface area contributed by atoms with Crippen molar-refractivity contribution in [2.75, 3.05) is 39.9 Å². The first kappa shape index (κ1) is 24.9. The first-order chi connectivity index (χ1) is 16.4. The molecule has 2 aliphatic heterocycles. The lowest BCUT2D eigenvalue weighted by Gasteiger charge is -2.53. The number of piperidine rings is 1. The van der Waals surface area contributed by atoms with Gasteiger partial charge in [-0.1, -0.05) is 30.3 Å². The van der Waals surface area contributed by atoms with E-state index in [-0.39, 0.29) is 25.2 Å². The fraction of sp³-hybridized carbons (Fsp3) is 0.680. The lowest BCUT2D eigenvalue weighted by molar-refractivity contribution is -0.133. The topological polar surface area (TPSA) is 71.1 Å². The number of halogens is 2. The average Bonchev–Trinajstić information content (AvgIpc) is 2.82. The first-order valence-corrected chi connectivity index (χ1v) is 12.2. The predicted octanol–water partition coefficient (Wildman–Crippen LogP) is 3.40. The van der Waals surface area contributed by atoms with Crippen molar-refractivity contribution in [3.63, 3.8) is 0 Å². The van der Waals surface area contributed by atoms with Gasteiger partial charge in [0.25, 0.3) is 6.43 Å². The molecule has 3 aliphatic rings. The van der Waals surface area contributed by atoms with Crippen LogP contribution in [0.25, 0.3) is 0 Å². The molecule has 0 unspecified atom stereocenters. The first-order valence-electron chi connectivity index (χ1n) is 12.2. The number of hydrogen-bond donors (Lipinski definition) is 1. The lowest BCUT2D eigenvalue weighted by Crippen LogP contribution is -2.74. The number of likely N-dealkylation sites (tertiary alicyclic amines) is 1. The van der Waals surface area contributed by atoms with Crippen molar-refractivity contribution in [3.05, 3.63) is 35.9 Å². The number of nitrogens with zero attached hydrogens (tertiary/aromatic N) is 2. The molecule has 1 spiro atoms. The summed E-state index contributed by atoms with van der Waals surface area (Å²) in [6.45, 7) is 0.531. The third-order valence-corrected chi connectivity index (χ3v) is 7.39. The van der Waals surface area contributed by atoms with Gasteiger partial charge in [-0.15, -0.1) is 0 Å². The molecule has 2 heterocycles. The van der Waals surface area contributed by atoms with Gasteiger partial charge in [-0.2, -0.15) is 0 Å². The van der Waals surface area contributed by atoms with E-state index in [0.717, 1.165) is 25.7 Å². The van der Waals surface area contributed by atoms with E-state index in [0.29, 0.717) is 31.8 Å². The second-order valence-electron chi connectivity index (χ2n) is 9.87. The van der Waals surface area contributed by atoms with Crippen molar-refractivity contribution in [3.8, 4) is 0 Å². The molecule has 2 amide bonds. The molecule has 9 heteroatoms. The number of carbonyl (C=O) groups is 2. The number of hydrogen-bond acceptors (Lipinski definition) is 5. The Morgan fingerprint density at radius 1 is 1.21 bits per heavy atom. The fourth-order valence-electron chi connectivity index (χ4n) is 5.86. The van der Waals surface area contributed by atoms with Gasteiger partial charge in [-0.25, -0.2) is 13.6 Å². The minimum Gasteiger partial charge on any atom is -0.443 e. The standard InChI is InChI=1S/C25H35F2N3O4/c1-29-14-23(31)28-25(17-29)12-5-13-30(24(32)34-16-22(26)27)21(25)15-33-20-10-8-19(9-11-20)18-6-3-2-4-7-18/h2-4,6-7,19-22H,5,8-17H2,1H3,(H,28,31)/t19-,20+,21-,25+/m0/s1. The second kappa shape index (κ2) is 11.0. The second-order valence-corrected chi connectivity index (χ2v) is 9.87. The SMILES string of the molecule is CN1CC(=O)N[C@]2(CCCN(C(=O)OCC(F)F)[C@H]2CO[C@H]2CC[C@@H](c3ccccc3)CC2)C1. The molecule has 1 aliphatic carbocycles. The van der Waals surface area contributed by atoms with Gasteiger partial charge in [0.15, 0.2) is 6.61 Å². The molecule has 1 saturated carbocycles. The van der Waals surface area contributed by atoms with Crippen LogP contribution in [0.4, 0.5) is 13.6 Å². The number of carbonyl (C=O) groups excluding carboxylic acids is 2. The van der Waals surface area contributed by atoms with Gasteiger partial charge < -0.3 is 19.7 Å². The van der Waals surface area contributed by atoms with Crippen LogP contribution >= 0.6 is 0 Å². The largest absolute Gasteiger partial charge is 0.443 e. The Hall–Kier alpha value is -2.26. The molecule has 2 saturated heterocycles. The Morgan fingerprint density at radius 3 is 2.62 bits per heavy atom. The van der Waals surface area contributed by atoms with Crippen molar-refractivity contribution < 1.29 is 27.8 Å². The molecule has 7 nitrogen and oxygen atoms in total. The molecule has 1 N–H and O–H groups in total. The van der Waals surface area contributed by atoms with E-state index < -0.39 is 30.7 Å². The number of rotatable bonds is 6. The lowest BCUT2D eigenvalue weighted by atomic mass is 9.79. The third-order valence-electron chi connectivity index (χ3n) is 7.39. The van der Waals surface area contributed by atoms with E-state index >= 15 is 0 Å². The number of benzene rings is 1. The Bertz CT molecular complexity index is 835. The number of alkyl halides is 2. The van der Waals surface area contributed by atoms with Gasteiger partial charge in [0.05, 0.1) is 30.8 Å². The number of ether oxygens (including phenoxy) is 2. The Kier molecular flexibility index (Phi) is 8.03. The number of nitrogens with one attached hydrogen (secondary N) is 1. The molecule has 2 atom stereocenters. The quantitative estimate of drug-likeness (QED) is 0.677. The Morgan fingerprint density at radius 2 is 1.94 bits per heavy atom. The van der Waals surface area contributed by atoms with Crippen LogP contribution in [-0.4, -0.2) is 85.8 Å². The molecule has 34 heavy (non-hydrogen) atoms. The highest BCUT2D eigenvalue weighted by molar-refractivity contribution is 5.80. The zero-order chi connectivity index (χ0) is 24.1. The maximum atomic E-state index is 12.7. The fourth-order valence-corrected chi connectivity index (χ4v) is 5.86. The van der Waals surface area contributed by atoms with Gasteiger partial charge in [0.1, 0.15) is 0 Å². The zero-order valence-electron chi connectivity index (χ0n) is 19.8. The Labute approximate surface area is 199 Å². The average molecular weight is 480 g/mol. The molecule has 188 valence electrons. The normalized spacial score (nSPS) is 30.4. The minimum absolute atomic E-state index is 0.0647. The van der Waals surface area contributed by atoms with Crippen LogP contribution in [0.1, 0.15) is 50.0 Å². The van der Waals surface area contributed by atoms with E-state index in [2.05, 4.69) is 29.6 Å². The maximum Gasteiger partial charge on any atom is 0.410 e. The van der Waals surface area contributed by atoms with Gasteiger partial charge in [0.2, 0.25) is 5.91 Å². The molecular weight excluding hydrogens is 444 g/mol. The summed E-state index contributed by atoms with van der Waals surface area (Å²) < 4.78 is 36.6. The van der Waals surface area contributed by atoms with Crippen molar-refractivity contribution in [1.29, 1.82) is 0 Å². The zero-order valence-corrected chi connectivity index (χ0v) is 19.8. The molecule has 1 aromatic rings. The van der Waals surface area contributed by atoms with Crippen LogP contribution in [0.15, 0.2) is 30.3 Å². The van der Waals surface area contributed by atoms with Crippen molar-refractivity contribution in [1.82, 2.24) is 15.1 Å². The van der Waals surface area contributed by atoms with Crippen molar-refractivity contribution >= 4 is 12.0 Å². The molecular formula is C25H35F2N3O4. The smallest absolute Gasteiger partial charge is 0.410 e. The van der Waals surface area contributed by atoms with E-state index in [9.17, 15) is 18.4 Å². The summed E-state index contributed by atoms with van der Waals surface area (Å²) in [6, 6.07) is 10.0. The molecule has 0 aromatic heterocycles. The van der Waals surface area contributed by atoms with Gasteiger partial charge >= 0.3 is 6.09 Å². The summed E-state index contributed by atoms with van der Waals surface area (Å²) in [5.74, 6) is 0.416. The van der Waals surface area contributed by atoms with Crippen LogP contribution in [-0.2, 0) is 14.3 Å². The van der Waals surface area contributed by atoms with Crippen molar-refractivity contribution in [2.45, 2.75) is 68.6 Å². The molecule has 1 aromatic carbocycles. The van der Waals surface area contributed by atoms with Gasteiger partial charge in [-0.05, 0) is 57.1 Å². The number of amides is 2.